The van der Waals surface area contributed by atoms with E-state index >= 15 is 0 Å². The van der Waals surface area contributed by atoms with Gasteiger partial charge in [0.05, 0.1) is 14.2 Å². The number of thiocarbonyl (C=S) groups is 1. The van der Waals surface area contributed by atoms with Crippen LogP contribution in [0.2, 0.25) is 0 Å². The Kier molecular flexibility index (Phi) is 6.03. The highest BCUT2D eigenvalue weighted by Crippen LogP contribution is 2.45. The van der Waals surface area contributed by atoms with Gasteiger partial charge >= 0.3 is 0 Å². The number of thioether (sulfide) groups is 1. The van der Waals surface area contributed by atoms with Crippen molar-refractivity contribution < 1.29 is 14.6 Å². The number of aromatic hydroxyl groups is 1. The third-order valence-electron chi connectivity index (χ3n) is 4.13. The SMILES string of the molecule is COc1cc(C(C)(C)SC(=S)N2CCCCC2)cc(OC)c1O. The molecule has 0 aliphatic carbocycles. The number of piperidine rings is 1. The van der Waals surface area contributed by atoms with Gasteiger partial charge in [-0.2, -0.15) is 0 Å². The highest BCUT2D eigenvalue weighted by Gasteiger charge is 2.28. The molecule has 6 heteroatoms. The maximum Gasteiger partial charge on any atom is 0.200 e. The van der Waals surface area contributed by atoms with Crippen molar-refractivity contribution >= 4 is 28.3 Å². The molecular weight excluding hydrogens is 330 g/mol. The van der Waals surface area contributed by atoms with Crippen LogP contribution in [0.15, 0.2) is 12.1 Å². The van der Waals surface area contributed by atoms with Crippen LogP contribution in [0.25, 0.3) is 0 Å². The number of ether oxygens (including phenoxy) is 2. The Balaban J connectivity index is 2.22. The second-order valence-corrected chi connectivity index (χ2v) is 8.41. The summed E-state index contributed by atoms with van der Waals surface area (Å²) in [5.41, 5.74) is 1.01. The first-order valence-corrected chi connectivity index (χ1v) is 9.05. The minimum atomic E-state index is -0.247. The minimum Gasteiger partial charge on any atom is -0.502 e. The average molecular weight is 356 g/mol. The lowest BCUT2D eigenvalue weighted by Crippen LogP contribution is -2.34. The zero-order valence-corrected chi connectivity index (χ0v) is 15.9. The number of hydrogen-bond donors (Lipinski definition) is 1. The first kappa shape index (κ1) is 18.2. The summed E-state index contributed by atoms with van der Waals surface area (Å²) < 4.78 is 11.2. The van der Waals surface area contributed by atoms with Crippen molar-refractivity contribution in [2.24, 2.45) is 0 Å². The summed E-state index contributed by atoms with van der Waals surface area (Å²) in [6, 6.07) is 3.70. The maximum absolute atomic E-state index is 10.1. The third kappa shape index (κ3) is 4.23. The summed E-state index contributed by atoms with van der Waals surface area (Å²) in [4.78, 5) is 2.29. The molecule has 0 bridgehead atoms. The molecule has 1 fully saturated rings. The normalized spacial score (nSPS) is 15.4. The Labute approximate surface area is 148 Å². The summed E-state index contributed by atoms with van der Waals surface area (Å²) in [5, 5.41) is 10.1. The van der Waals surface area contributed by atoms with E-state index in [4.69, 9.17) is 21.7 Å². The molecule has 0 unspecified atom stereocenters. The number of hydrogen-bond acceptors (Lipinski definition) is 5. The van der Waals surface area contributed by atoms with E-state index in [1.165, 1.54) is 33.5 Å². The van der Waals surface area contributed by atoms with E-state index in [-0.39, 0.29) is 10.5 Å². The molecule has 1 aromatic carbocycles. The molecular formula is C17H25NO3S2. The van der Waals surface area contributed by atoms with Crippen molar-refractivity contribution in [3.63, 3.8) is 0 Å². The van der Waals surface area contributed by atoms with Crippen LogP contribution in [-0.4, -0.2) is 41.6 Å². The van der Waals surface area contributed by atoms with Gasteiger partial charge in [0.2, 0.25) is 5.75 Å². The van der Waals surface area contributed by atoms with Crippen LogP contribution in [-0.2, 0) is 4.75 Å². The molecule has 4 nitrogen and oxygen atoms in total. The first-order chi connectivity index (χ1) is 10.9. The Morgan fingerprint density at radius 1 is 1.13 bits per heavy atom. The number of rotatable bonds is 4. The van der Waals surface area contributed by atoms with Gasteiger partial charge in [0.15, 0.2) is 11.5 Å². The van der Waals surface area contributed by atoms with Crippen molar-refractivity contribution in [2.75, 3.05) is 27.3 Å². The number of phenols is 1. The molecule has 1 aromatic rings. The van der Waals surface area contributed by atoms with Crippen LogP contribution >= 0.6 is 24.0 Å². The molecule has 2 rings (SSSR count). The fourth-order valence-electron chi connectivity index (χ4n) is 2.66. The summed E-state index contributed by atoms with van der Waals surface area (Å²) in [6.07, 6.45) is 3.71. The van der Waals surface area contributed by atoms with Crippen molar-refractivity contribution in [3.05, 3.63) is 17.7 Å². The summed E-state index contributed by atoms with van der Waals surface area (Å²) >= 11 is 7.32. The molecule has 0 amide bonds. The van der Waals surface area contributed by atoms with Crippen molar-refractivity contribution in [3.8, 4) is 17.2 Å². The molecule has 0 aromatic heterocycles. The number of nitrogens with zero attached hydrogens (tertiary/aromatic N) is 1. The molecule has 1 N–H and O–H groups in total. The van der Waals surface area contributed by atoms with Gasteiger partial charge in [0, 0.05) is 17.8 Å². The van der Waals surface area contributed by atoms with Gasteiger partial charge in [-0.1, -0.05) is 24.0 Å². The molecule has 0 spiro atoms. The molecule has 0 atom stereocenters. The minimum absolute atomic E-state index is 0.0261. The molecule has 1 aliphatic rings. The zero-order chi connectivity index (χ0) is 17.0. The van der Waals surface area contributed by atoms with E-state index in [2.05, 4.69) is 18.7 Å². The lowest BCUT2D eigenvalue weighted by molar-refractivity contribution is 0.338. The van der Waals surface area contributed by atoms with Crippen LogP contribution in [0.5, 0.6) is 17.2 Å². The van der Waals surface area contributed by atoms with Crippen molar-refractivity contribution in [2.45, 2.75) is 37.9 Å². The second kappa shape index (κ2) is 7.62. The lowest BCUT2D eigenvalue weighted by Gasteiger charge is -2.33. The molecule has 23 heavy (non-hydrogen) atoms. The highest BCUT2D eigenvalue weighted by atomic mass is 32.2. The monoisotopic (exact) mass is 355 g/mol. The van der Waals surface area contributed by atoms with E-state index in [1.807, 2.05) is 12.1 Å². The first-order valence-electron chi connectivity index (χ1n) is 7.82. The number of benzene rings is 1. The Morgan fingerprint density at radius 2 is 1.65 bits per heavy atom. The summed E-state index contributed by atoms with van der Waals surface area (Å²) in [6.45, 7) is 6.34. The molecule has 1 saturated heterocycles. The Morgan fingerprint density at radius 3 is 2.13 bits per heavy atom. The van der Waals surface area contributed by atoms with Crippen molar-refractivity contribution in [1.82, 2.24) is 4.90 Å². The van der Waals surface area contributed by atoms with E-state index in [9.17, 15) is 5.11 Å². The summed E-state index contributed by atoms with van der Waals surface area (Å²) in [5.74, 6) is 0.854. The number of methoxy groups -OCH3 is 2. The Hall–Kier alpha value is -1.14. The quantitative estimate of drug-likeness (QED) is 0.819. The Bertz CT molecular complexity index is 544. The smallest absolute Gasteiger partial charge is 0.200 e. The molecule has 128 valence electrons. The zero-order valence-electron chi connectivity index (χ0n) is 14.2. The standard InChI is InChI=1S/C17H25NO3S2/c1-17(2,23-16(22)18-8-6-5-7-9-18)12-10-13(20-3)15(19)14(11-12)21-4/h10-11,19H,5-9H2,1-4H3. The van der Waals surface area contributed by atoms with Crippen LogP contribution in [0.3, 0.4) is 0 Å². The van der Waals surface area contributed by atoms with Gasteiger partial charge in [-0.05, 0) is 50.8 Å². The fraction of sp³-hybridized carbons (Fsp3) is 0.588. The highest BCUT2D eigenvalue weighted by molar-refractivity contribution is 8.23. The van der Waals surface area contributed by atoms with Gasteiger partial charge in [-0.15, -0.1) is 0 Å². The molecule has 1 heterocycles. The van der Waals surface area contributed by atoms with Gasteiger partial charge in [-0.25, -0.2) is 0 Å². The second-order valence-electron chi connectivity index (χ2n) is 6.16. The van der Waals surface area contributed by atoms with E-state index < -0.39 is 0 Å². The largest absolute Gasteiger partial charge is 0.502 e. The van der Waals surface area contributed by atoms with Crippen LogP contribution < -0.4 is 9.47 Å². The lowest BCUT2D eigenvalue weighted by atomic mass is 10.0. The fourth-order valence-corrected chi connectivity index (χ4v) is 4.45. The topological polar surface area (TPSA) is 41.9 Å². The van der Waals surface area contributed by atoms with Crippen LogP contribution in [0.1, 0.15) is 38.7 Å². The van der Waals surface area contributed by atoms with E-state index in [1.54, 1.807) is 11.8 Å². The van der Waals surface area contributed by atoms with E-state index in [0.717, 1.165) is 23.0 Å². The maximum atomic E-state index is 10.1. The van der Waals surface area contributed by atoms with Crippen molar-refractivity contribution in [1.29, 1.82) is 0 Å². The predicted octanol–water partition coefficient (Wildman–Crippen LogP) is 4.15. The molecule has 1 aliphatic heterocycles. The number of likely N-dealkylation sites (tertiary alicyclic amines) is 1. The van der Waals surface area contributed by atoms with Gasteiger partial charge < -0.3 is 19.5 Å². The van der Waals surface area contributed by atoms with Crippen LogP contribution in [0.4, 0.5) is 0 Å². The van der Waals surface area contributed by atoms with Crippen LogP contribution in [0, 0.1) is 0 Å². The van der Waals surface area contributed by atoms with Gasteiger partial charge in [0.25, 0.3) is 0 Å². The number of phenolic OH excluding ortho intramolecular Hbond substituents is 1. The van der Waals surface area contributed by atoms with Gasteiger partial charge in [0.1, 0.15) is 4.32 Å². The average Bonchev–Trinajstić information content (AvgIpc) is 2.55. The summed E-state index contributed by atoms with van der Waals surface area (Å²) in [7, 11) is 3.08. The van der Waals surface area contributed by atoms with Gasteiger partial charge in [-0.3, -0.25) is 0 Å². The molecule has 0 radical (unpaired) electrons. The van der Waals surface area contributed by atoms with E-state index in [0.29, 0.717) is 11.5 Å². The third-order valence-corrected chi connectivity index (χ3v) is 5.82. The molecule has 0 saturated carbocycles. The predicted molar refractivity (Wildman–Crippen MR) is 99.8 cm³/mol.